The lowest BCUT2D eigenvalue weighted by molar-refractivity contribution is 0.415. The highest BCUT2D eigenvalue weighted by atomic mass is 19.1. The molecular formula is C16H17FN2O. The van der Waals surface area contributed by atoms with Gasteiger partial charge in [-0.25, -0.2) is 4.39 Å². The second kappa shape index (κ2) is 5.59. The highest BCUT2D eigenvalue weighted by Crippen LogP contribution is 2.29. The van der Waals surface area contributed by atoms with Gasteiger partial charge in [-0.3, -0.25) is 4.98 Å². The fourth-order valence-corrected chi connectivity index (χ4v) is 2.17. The molecule has 104 valence electrons. The molecule has 1 saturated carbocycles. The second-order valence-corrected chi connectivity index (χ2v) is 5.02. The summed E-state index contributed by atoms with van der Waals surface area (Å²) in [7, 11) is 1.61. The third-order valence-corrected chi connectivity index (χ3v) is 3.47. The van der Waals surface area contributed by atoms with Gasteiger partial charge < -0.3 is 10.1 Å². The Kier molecular flexibility index (Phi) is 3.65. The zero-order valence-corrected chi connectivity index (χ0v) is 11.4. The lowest BCUT2D eigenvalue weighted by Crippen LogP contribution is -2.16. The average molecular weight is 272 g/mol. The quantitative estimate of drug-likeness (QED) is 0.908. The highest BCUT2D eigenvalue weighted by Gasteiger charge is 2.20. The van der Waals surface area contributed by atoms with Crippen LogP contribution < -0.4 is 10.1 Å². The van der Waals surface area contributed by atoms with Crippen LogP contribution in [0, 0.1) is 5.82 Å². The Hall–Kier alpha value is -1.94. The van der Waals surface area contributed by atoms with E-state index in [1.165, 1.54) is 18.9 Å². The van der Waals surface area contributed by atoms with Gasteiger partial charge in [0.05, 0.1) is 7.11 Å². The predicted octanol–water partition coefficient (Wildman–Crippen LogP) is 3.15. The Morgan fingerprint density at radius 1 is 1.35 bits per heavy atom. The molecule has 0 unspecified atom stereocenters. The summed E-state index contributed by atoms with van der Waals surface area (Å²) in [6, 6.07) is 9.31. The second-order valence-electron chi connectivity index (χ2n) is 5.02. The number of nitrogens with zero attached hydrogens (tertiary/aromatic N) is 1. The number of ether oxygens (including phenoxy) is 1. The van der Waals surface area contributed by atoms with Gasteiger partial charge in [0.15, 0.2) is 0 Å². The van der Waals surface area contributed by atoms with E-state index in [0.717, 1.165) is 11.3 Å². The third kappa shape index (κ3) is 2.80. The van der Waals surface area contributed by atoms with Crippen molar-refractivity contribution < 1.29 is 9.13 Å². The number of pyridine rings is 1. The van der Waals surface area contributed by atoms with Crippen LogP contribution in [0.4, 0.5) is 4.39 Å². The van der Waals surface area contributed by atoms with Crippen LogP contribution in [0.3, 0.4) is 0 Å². The standard InChI is InChI=1S/C16H17FN2O/c1-20-15-3-2-8-18-16(15)11-4-7-14(17)12(9-11)10-19-13-5-6-13/h2-4,7-9,13,19H,5-6,10H2,1H3. The minimum atomic E-state index is -0.184. The van der Waals surface area contributed by atoms with Crippen LogP contribution in [-0.4, -0.2) is 18.1 Å². The van der Waals surface area contributed by atoms with Crippen LogP contribution in [-0.2, 0) is 6.54 Å². The average Bonchev–Trinajstić information content (AvgIpc) is 3.30. The van der Waals surface area contributed by atoms with Crippen molar-refractivity contribution in [2.75, 3.05) is 7.11 Å². The van der Waals surface area contributed by atoms with Crippen molar-refractivity contribution in [3.8, 4) is 17.0 Å². The van der Waals surface area contributed by atoms with Gasteiger partial charge in [0.25, 0.3) is 0 Å². The molecule has 0 amide bonds. The van der Waals surface area contributed by atoms with Crippen molar-refractivity contribution in [3.63, 3.8) is 0 Å². The van der Waals surface area contributed by atoms with Gasteiger partial charge in [0, 0.05) is 29.9 Å². The molecule has 1 aliphatic rings. The van der Waals surface area contributed by atoms with E-state index >= 15 is 0 Å². The number of halogens is 1. The Bertz CT molecular complexity index is 611. The summed E-state index contributed by atoms with van der Waals surface area (Å²) in [5.74, 6) is 0.511. The maximum atomic E-state index is 13.8. The normalized spacial score (nSPS) is 14.3. The summed E-state index contributed by atoms with van der Waals surface area (Å²) in [5.41, 5.74) is 2.28. The van der Waals surface area contributed by atoms with E-state index in [4.69, 9.17) is 4.74 Å². The third-order valence-electron chi connectivity index (χ3n) is 3.47. The lowest BCUT2D eigenvalue weighted by atomic mass is 10.1. The molecule has 4 heteroatoms. The first-order chi connectivity index (χ1) is 9.78. The van der Waals surface area contributed by atoms with Crippen molar-refractivity contribution in [1.29, 1.82) is 0 Å². The first-order valence-corrected chi connectivity index (χ1v) is 6.79. The molecule has 3 nitrogen and oxygen atoms in total. The molecule has 2 aromatic rings. The van der Waals surface area contributed by atoms with E-state index in [1.807, 2.05) is 18.2 Å². The smallest absolute Gasteiger partial charge is 0.145 e. The molecule has 3 rings (SSSR count). The van der Waals surface area contributed by atoms with Gasteiger partial charge in [0.1, 0.15) is 17.3 Å². The maximum Gasteiger partial charge on any atom is 0.145 e. The summed E-state index contributed by atoms with van der Waals surface area (Å²) < 4.78 is 19.2. The van der Waals surface area contributed by atoms with Crippen LogP contribution in [0.25, 0.3) is 11.3 Å². The van der Waals surface area contributed by atoms with Gasteiger partial charge in [-0.15, -0.1) is 0 Å². The Morgan fingerprint density at radius 3 is 2.95 bits per heavy atom. The van der Waals surface area contributed by atoms with Crippen LogP contribution in [0.5, 0.6) is 5.75 Å². The summed E-state index contributed by atoms with van der Waals surface area (Å²) in [6.45, 7) is 0.555. The molecule has 1 N–H and O–H groups in total. The van der Waals surface area contributed by atoms with E-state index < -0.39 is 0 Å². The van der Waals surface area contributed by atoms with Gasteiger partial charge in [-0.05, 0) is 43.2 Å². The van der Waals surface area contributed by atoms with E-state index in [-0.39, 0.29) is 5.82 Å². The molecule has 1 aromatic heterocycles. The molecule has 1 aliphatic carbocycles. The van der Waals surface area contributed by atoms with Crippen molar-refractivity contribution in [3.05, 3.63) is 47.9 Å². The summed E-state index contributed by atoms with van der Waals surface area (Å²) in [5, 5.41) is 3.33. The van der Waals surface area contributed by atoms with Crippen molar-refractivity contribution >= 4 is 0 Å². The highest BCUT2D eigenvalue weighted by molar-refractivity contribution is 5.66. The minimum absolute atomic E-state index is 0.184. The lowest BCUT2D eigenvalue weighted by Gasteiger charge is -2.10. The molecule has 0 atom stereocenters. The van der Waals surface area contributed by atoms with Gasteiger partial charge in [0.2, 0.25) is 0 Å². The van der Waals surface area contributed by atoms with Crippen molar-refractivity contribution in [2.24, 2.45) is 0 Å². The number of aromatic nitrogens is 1. The molecule has 1 aromatic carbocycles. The molecule has 0 radical (unpaired) electrons. The topological polar surface area (TPSA) is 34.1 Å². The fourth-order valence-electron chi connectivity index (χ4n) is 2.17. The van der Waals surface area contributed by atoms with E-state index in [1.54, 1.807) is 19.4 Å². The molecular weight excluding hydrogens is 255 g/mol. The monoisotopic (exact) mass is 272 g/mol. The van der Waals surface area contributed by atoms with Crippen molar-refractivity contribution in [2.45, 2.75) is 25.4 Å². The van der Waals surface area contributed by atoms with E-state index in [2.05, 4.69) is 10.3 Å². The van der Waals surface area contributed by atoms with Crippen LogP contribution in [0.1, 0.15) is 18.4 Å². The van der Waals surface area contributed by atoms with E-state index in [0.29, 0.717) is 23.9 Å². The zero-order chi connectivity index (χ0) is 13.9. The number of nitrogens with one attached hydrogen (secondary N) is 1. The Balaban J connectivity index is 1.90. The Morgan fingerprint density at radius 2 is 2.20 bits per heavy atom. The molecule has 0 saturated heterocycles. The molecule has 1 heterocycles. The first kappa shape index (κ1) is 13.1. The van der Waals surface area contributed by atoms with E-state index in [9.17, 15) is 4.39 Å². The Labute approximate surface area is 117 Å². The number of rotatable bonds is 5. The molecule has 1 fully saturated rings. The summed E-state index contributed by atoms with van der Waals surface area (Å²) in [4.78, 5) is 4.33. The van der Waals surface area contributed by atoms with Gasteiger partial charge in [-0.2, -0.15) is 0 Å². The largest absolute Gasteiger partial charge is 0.494 e. The van der Waals surface area contributed by atoms with Crippen LogP contribution in [0.15, 0.2) is 36.5 Å². The molecule has 20 heavy (non-hydrogen) atoms. The minimum Gasteiger partial charge on any atom is -0.494 e. The number of hydrogen-bond acceptors (Lipinski definition) is 3. The summed E-state index contributed by atoms with van der Waals surface area (Å²) in [6.07, 6.45) is 4.09. The van der Waals surface area contributed by atoms with Crippen molar-refractivity contribution in [1.82, 2.24) is 10.3 Å². The van der Waals surface area contributed by atoms with Gasteiger partial charge >= 0.3 is 0 Å². The molecule has 0 spiro atoms. The van der Waals surface area contributed by atoms with Crippen LogP contribution >= 0.6 is 0 Å². The predicted molar refractivity (Wildman–Crippen MR) is 76.0 cm³/mol. The molecule has 0 bridgehead atoms. The maximum absolute atomic E-state index is 13.8. The molecule has 0 aliphatic heterocycles. The van der Waals surface area contributed by atoms with Crippen LogP contribution in [0.2, 0.25) is 0 Å². The van der Waals surface area contributed by atoms with Gasteiger partial charge in [-0.1, -0.05) is 0 Å². The fraction of sp³-hybridized carbons (Fsp3) is 0.312. The zero-order valence-electron chi connectivity index (χ0n) is 11.4. The number of methoxy groups -OCH3 is 1. The number of benzene rings is 1. The summed E-state index contributed by atoms with van der Waals surface area (Å²) >= 11 is 0. The number of hydrogen-bond donors (Lipinski definition) is 1. The SMILES string of the molecule is COc1cccnc1-c1ccc(F)c(CNC2CC2)c1. The first-order valence-electron chi connectivity index (χ1n) is 6.79.